The number of hydrogen-bond acceptors (Lipinski definition) is 2. The fraction of sp³-hybridized carbons (Fsp3) is 0.438. The Balaban J connectivity index is 2.20. The highest BCUT2D eigenvalue weighted by Crippen LogP contribution is 2.27. The molecular weight excluding hydrogens is 350 g/mol. The first-order valence-electron chi connectivity index (χ1n) is 7.11. The summed E-state index contributed by atoms with van der Waals surface area (Å²) in [5.41, 5.74) is 3.47. The summed E-state index contributed by atoms with van der Waals surface area (Å²) in [5, 5.41) is 5.33. The van der Waals surface area contributed by atoms with Crippen molar-refractivity contribution in [3.05, 3.63) is 50.7 Å². The maximum absolute atomic E-state index is 6.09. The number of aryl methyl sites for hydroxylation is 2. The van der Waals surface area contributed by atoms with Gasteiger partial charge in [-0.15, -0.1) is 0 Å². The average molecular weight is 371 g/mol. The highest BCUT2D eigenvalue weighted by atomic mass is 79.9. The first-order chi connectivity index (χ1) is 9.93. The van der Waals surface area contributed by atoms with Crippen molar-refractivity contribution in [2.45, 2.75) is 39.9 Å². The zero-order valence-corrected chi connectivity index (χ0v) is 15.2. The Kier molecular flexibility index (Phi) is 5.47. The molecule has 1 unspecified atom stereocenters. The molecule has 0 bridgehead atoms. The van der Waals surface area contributed by atoms with Crippen molar-refractivity contribution in [2.75, 3.05) is 7.05 Å². The Morgan fingerprint density at radius 3 is 2.76 bits per heavy atom. The van der Waals surface area contributed by atoms with Gasteiger partial charge in [-0.1, -0.05) is 23.7 Å². The van der Waals surface area contributed by atoms with Crippen molar-refractivity contribution in [3.8, 4) is 0 Å². The number of halogens is 2. The molecule has 0 saturated carbocycles. The fourth-order valence-corrected chi connectivity index (χ4v) is 3.02. The number of rotatable bonds is 5. The summed E-state index contributed by atoms with van der Waals surface area (Å²) >= 11 is 9.75. The van der Waals surface area contributed by atoms with Gasteiger partial charge in [0.1, 0.15) is 0 Å². The first kappa shape index (κ1) is 16.5. The fourth-order valence-electron chi connectivity index (χ4n) is 2.41. The van der Waals surface area contributed by atoms with E-state index in [0.717, 1.165) is 28.3 Å². The lowest BCUT2D eigenvalue weighted by Gasteiger charge is -2.25. The third-order valence-corrected chi connectivity index (χ3v) is 5.11. The lowest BCUT2D eigenvalue weighted by Crippen LogP contribution is -2.23. The van der Waals surface area contributed by atoms with Crippen LogP contribution in [0.4, 0.5) is 0 Å². The standard InChI is InChI=1S/C16H21BrClN3/c1-5-21-15(16(17)11(2)19-21)10-20(4)12(3)13-7-6-8-14(18)9-13/h6-9,12H,5,10H2,1-4H3. The summed E-state index contributed by atoms with van der Waals surface area (Å²) in [4.78, 5) is 2.30. The minimum atomic E-state index is 0.288. The SMILES string of the molecule is CCn1nc(C)c(Br)c1CN(C)C(C)c1cccc(Cl)c1. The van der Waals surface area contributed by atoms with Gasteiger partial charge in [0.25, 0.3) is 0 Å². The maximum atomic E-state index is 6.09. The molecule has 3 nitrogen and oxygen atoms in total. The summed E-state index contributed by atoms with van der Waals surface area (Å²) < 4.78 is 3.16. The molecule has 2 rings (SSSR count). The molecule has 0 fully saturated rings. The zero-order chi connectivity index (χ0) is 15.6. The second-order valence-electron chi connectivity index (χ2n) is 5.31. The van der Waals surface area contributed by atoms with Crippen LogP contribution in [0.15, 0.2) is 28.7 Å². The third kappa shape index (κ3) is 3.68. The van der Waals surface area contributed by atoms with Crippen LogP contribution in [0.1, 0.15) is 36.8 Å². The number of benzene rings is 1. The van der Waals surface area contributed by atoms with Crippen molar-refractivity contribution in [1.82, 2.24) is 14.7 Å². The highest BCUT2D eigenvalue weighted by molar-refractivity contribution is 9.10. The lowest BCUT2D eigenvalue weighted by atomic mass is 10.1. The monoisotopic (exact) mass is 369 g/mol. The minimum Gasteiger partial charge on any atom is -0.294 e. The van der Waals surface area contributed by atoms with E-state index in [-0.39, 0.29) is 6.04 Å². The van der Waals surface area contributed by atoms with Crippen LogP contribution in [0.25, 0.3) is 0 Å². The van der Waals surface area contributed by atoms with Gasteiger partial charge in [-0.05, 0) is 61.4 Å². The molecule has 114 valence electrons. The molecule has 5 heteroatoms. The van der Waals surface area contributed by atoms with Crippen LogP contribution >= 0.6 is 27.5 Å². The van der Waals surface area contributed by atoms with Crippen LogP contribution in [0.2, 0.25) is 5.02 Å². The normalized spacial score (nSPS) is 12.9. The molecule has 1 aromatic carbocycles. The van der Waals surface area contributed by atoms with Crippen LogP contribution in [0, 0.1) is 6.92 Å². The van der Waals surface area contributed by atoms with Crippen LogP contribution in [0.3, 0.4) is 0 Å². The molecule has 0 N–H and O–H groups in total. The quantitative estimate of drug-likeness (QED) is 0.752. The highest BCUT2D eigenvalue weighted by Gasteiger charge is 2.18. The smallest absolute Gasteiger partial charge is 0.0739 e. The van der Waals surface area contributed by atoms with Crippen molar-refractivity contribution in [3.63, 3.8) is 0 Å². The van der Waals surface area contributed by atoms with Gasteiger partial charge < -0.3 is 0 Å². The Hall–Kier alpha value is -0.840. The number of hydrogen-bond donors (Lipinski definition) is 0. The second kappa shape index (κ2) is 6.95. The molecule has 1 atom stereocenters. The van der Waals surface area contributed by atoms with E-state index in [9.17, 15) is 0 Å². The van der Waals surface area contributed by atoms with Crippen LogP contribution in [0.5, 0.6) is 0 Å². The number of nitrogens with zero attached hydrogens (tertiary/aromatic N) is 3. The van der Waals surface area contributed by atoms with E-state index < -0.39 is 0 Å². The second-order valence-corrected chi connectivity index (χ2v) is 6.54. The van der Waals surface area contributed by atoms with E-state index in [4.69, 9.17) is 11.6 Å². The minimum absolute atomic E-state index is 0.288. The molecule has 1 aromatic heterocycles. The van der Waals surface area contributed by atoms with E-state index in [2.05, 4.69) is 57.6 Å². The van der Waals surface area contributed by atoms with Gasteiger partial charge in [-0.3, -0.25) is 9.58 Å². The van der Waals surface area contributed by atoms with Gasteiger partial charge in [0.2, 0.25) is 0 Å². The lowest BCUT2D eigenvalue weighted by molar-refractivity contribution is 0.245. The maximum Gasteiger partial charge on any atom is 0.0739 e. The summed E-state index contributed by atoms with van der Waals surface area (Å²) in [6.07, 6.45) is 0. The van der Waals surface area contributed by atoms with Gasteiger partial charge in [0.05, 0.1) is 15.9 Å². The van der Waals surface area contributed by atoms with Crippen molar-refractivity contribution < 1.29 is 0 Å². The zero-order valence-electron chi connectivity index (χ0n) is 12.9. The van der Waals surface area contributed by atoms with Gasteiger partial charge in [0, 0.05) is 24.2 Å². The predicted octanol–water partition coefficient (Wildman–Crippen LogP) is 4.82. The number of aromatic nitrogens is 2. The molecule has 0 saturated heterocycles. The van der Waals surface area contributed by atoms with Gasteiger partial charge in [-0.2, -0.15) is 5.10 Å². The van der Waals surface area contributed by atoms with E-state index in [1.165, 1.54) is 11.3 Å². The van der Waals surface area contributed by atoms with E-state index in [0.29, 0.717) is 0 Å². The Bertz CT molecular complexity index is 624. The molecule has 21 heavy (non-hydrogen) atoms. The van der Waals surface area contributed by atoms with Crippen molar-refractivity contribution >= 4 is 27.5 Å². The van der Waals surface area contributed by atoms with Crippen LogP contribution in [-0.4, -0.2) is 21.7 Å². The molecule has 1 heterocycles. The van der Waals surface area contributed by atoms with E-state index in [1.54, 1.807) is 0 Å². The van der Waals surface area contributed by atoms with Crippen molar-refractivity contribution in [2.24, 2.45) is 0 Å². The summed E-state index contributed by atoms with van der Waals surface area (Å²) in [6.45, 7) is 8.05. The Morgan fingerprint density at radius 2 is 2.14 bits per heavy atom. The molecule has 2 aromatic rings. The van der Waals surface area contributed by atoms with E-state index >= 15 is 0 Å². The summed E-state index contributed by atoms with van der Waals surface area (Å²) in [5.74, 6) is 0. The molecule has 0 aliphatic carbocycles. The largest absolute Gasteiger partial charge is 0.294 e. The molecule has 0 amide bonds. The van der Waals surface area contributed by atoms with Gasteiger partial charge in [-0.25, -0.2) is 0 Å². The molecule has 0 radical (unpaired) electrons. The van der Waals surface area contributed by atoms with Crippen molar-refractivity contribution in [1.29, 1.82) is 0 Å². The van der Waals surface area contributed by atoms with Crippen LogP contribution in [-0.2, 0) is 13.1 Å². The predicted molar refractivity (Wildman–Crippen MR) is 91.7 cm³/mol. The summed E-state index contributed by atoms with van der Waals surface area (Å²) in [6, 6.07) is 8.34. The van der Waals surface area contributed by atoms with Gasteiger partial charge >= 0.3 is 0 Å². The molecular formula is C16H21BrClN3. The first-order valence-corrected chi connectivity index (χ1v) is 8.28. The molecule has 0 spiro atoms. The average Bonchev–Trinajstić information content (AvgIpc) is 2.74. The van der Waals surface area contributed by atoms with Crippen LogP contribution < -0.4 is 0 Å². The molecule has 0 aliphatic rings. The van der Waals surface area contributed by atoms with Gasteiger partial charge in [0.15, 0.2) is 0 Å². The topological polar surface area (TPSA) is 21.1 Å². The third-order valence-electron chi connectivity index (χ3n) is 3.84. The Labute approximate surface area is 140 Å². The summed E-state index contributed by atoms with van der Waals surface area (Å²) in [7, 11) is 2.13. The Morgan fingerprint density at radius 1 is 1.43 bits per heavy atom. The van der Waals surface area contributed by atoms with E-state index in [1.807, 2.05) is 25.1 Å². The molecule has 0 aliphatic heterocycles.